The van der Waals surface area contributed by atoms with E-state index < -0.39 is 10.0 Å². The molecule has 0 spiro atoms. The van der Waals surface area contributed by atoms with Crippen LogP contribution in [0.15, 0.2) is 24.3 Å². The van der Waals surface area contributed by atoms with E-state index in [-0.39, 0.29) is 23.9 Å². The van der Waals surface area contributed by atoms with Gasteiger partial charge in [-0.15, -0.1) is 0 Å². The van der Waals surface area contributed by atoms with Gasteiger partial charge in [0.25, 0.3) is 0 Å². The number of rotatable bonds is 5. The molecule has 2 N–H and O–H groups in total. The average molecular weight is 383 g/mol. The number of aryl methyl sites for hydroxylation is 1. The summed E-state index contributed by atoms with van der Waals surface area (Å²) in [6, 6.07) is 7.88. The van der Waals surface area contributed by atoms with Crippen molar-refractivity contribution in [2.24, 2.45) is 0 Å². The summed E-state index contributed by atoms with van der Waals surface area (Å²) in [5.74, 6) is -0.0883. The van der Waals surface area contributed by atoms with Crippen LogP contribution in [0.25, 0.3) is 0 Å². The van der Waals surface area contributed by atoms with Crippen molar-refractivity contribution in [1.82, 2.24) is 14.9 Å². The van der Waals surface area contributed by atoms with Gasteiger partial charge < -0.3 is 15.5 Å². The van der Waals surface area contributed by atoms with Gasteiger partial charge in [0.1, 0.15) is 0 Å². The van der Waals surface area contributed by atoms with E-state index in [1.807, 2.05) is 39.8 Å². The Kier molecular flexibility index (Phi) is 6.52. The van der Waals surface area contributed by atoms with E-state index in [1.54, 1.807) is 0 Å². The van der Waals surface area contributed by atoms with Crippen LogP contribution in [0.1, 0.15) is 26.3 Å². The Labute approximate surface area is 156 Å². The Bertz CT molecular complexity index is 720. The monoisotopic (exact) mass is 382 g/mol. The molecule has 146 valence electrons. The van der Waals surface area contributed by atoms with Crippen LogP contribution in [-0.4, -0.2) is 62.8 Å². The minimum atomic E-state index is -3.37. The Morgan fingerprint density at radius 3 is 2.38 bits per heavy atom. The summed E-state index contributed by atoms with van der Waals surface area (Å²) in [4.78, 5) is 13.9. The lowest BCUT2D eigenvalue weighted by molar-refractivity contribution is 0.232. The van der Waals surface area contributed by atoms with Crippen LogP contribution < -0.4 is 15.5 Å². The molecule has 0 saturated carbocycles. The lowest BCUT2D eigenvalue weighted by Crippen LogP contribution is -2.51. The molecule has 1 heterocycles. The van der Waals surface area contributed by atoms with E-state index in [9.17, 15) is 13.2 Å². The number of anilines is 1. The Balaban J connectivity index is 1.81. The van der Waals surface area contributed by atoms with Crippen LogP contribution in [0.4, 0.5) is 10.5 Å². The topological polar surface area (TPSA) is 81.8 Å². The second-order valence-electron chi connectivity index (χ2n) is 7.67. The summed E-state index contributed by atoms with van der Waals surface area (Å²) in [5.41, 5.74) is 1.97. The molecule has 0 atom stereocenters. The quantitative estimate of drug-likeness (QED) is 0.809. The van der Waals surface area contributed by atoms with Gasteiger partial charge in [-0.2, -0.15) is 4.31 Å². The highest BCUT2D eigenvalue weighted by Gasteiger charge is 2.27. The smallest absolute Gasteiger partial charge is 0.315 e. The molecule has 1 aliphatic rings. The predicted molar refractivity (Wildman–Crippen MR) is 105 cm³/mol. The number of nitrogens with one attached hydrogen (secondary N) is 2. The summed E-state index contributed by atoms with van der Waals surface area (Å²) in [5, 5.41) is 5.36. The first-order chi connectivity index (χ1) is 12.1. The van der Waals surface area contributed by atoms with E-state index in [1.165, 1.54) is 9.87 Å². The zero-order valence-corrected chi connectivity index (χ0v) is 16.9. The maximum atomic E-state index is 12.5. The first kappa shape index (κ1) is 20.5. The molecule has 1 saturated heterocycles. The molecular formula is C18H30N4O3S. The molecule has 1 aromatic rings. The Morgan fingerprint density at radius 2 is 1.81 bits per heavy atom. The average Bonchev–Trinajstić information content (AvgIpc) is 2.53. The third-order valence-corrected chi connectivity index (χ3v) is 6.00. The molecule has 0 bridgehead atoms. The van der Waals surface area contributed by atoms with Crippen molar-refractivity contribution in [3.05, 3.63) is 29.8 Å². The number of urea groups is 1. The van der Waals surface area contributed by atoms with E-state index in [0.717, 1.165) is 5.69 Å². The van der Waals surface area contributed by atoms with Crippen molar-refractivity contribution in [2.45, 2.75) is 33.2 Å². The van der Waals surface area contributed by atoms with Crippen molar-refractivity contribution in [3.63, 3.8) is 0 Å². The number of hydrogen-bond donors (Lipinski definition) is 2. The number of hydrogen-bond acceptors (Lipinski definition) is 4. The molecule has 2 rings (SSSR count). The zero-order valence-electron chi connectivity index (χ0n) is 16.1. The van der Waals surface area contributed by atoms with Gasteiger partial charge >= 0.3 is 6.03 Å². The van der Waals surface area contributed by atoms with Crippen LogP contribution in [0, 0.1) is 6.92 Å². The third kappa shape index (κ3) is 6.17. The number of carbonyl (C=O) groups excluding carboxylic acids is 1. The number of benzene rings is 1. The van der Waals surface area contributed by atoms with Gasteiger partial charge in [0.05, 0.1) is 5.75 Å². The molecule has 1 fully saturated rings. The van der Waals surface area contributed by atoms with E-state index in [2.05, 4.69) is 27.7 Å². The molecule has 0 aromatic heterocycles. The maximum Gasteiger partial charge on any atom is 0.315 e. The number of carbonyl (C=O) groups is 1. The van der Waals surface area contributed by atoms with Crippen LogP contribution in [0.3, 0.4) is 0 Å². The highest BCUT2D eigenvalue weighted by Crippen LogP contribution is 2.18. The largest absolute Gasteiger partial charge is 0.369 e. The summed E-state index contributed by atoms with van der Waals surface area (Å²) in [6.07, 6.45) is 0. The minimum absolute atomic E-state index is 0.0883. The zero-order chi connectivity index (χ0) is 19.4. The van der Waals surface area contributed by atoms with E-state index >= 15 is 0 Å². The van der Waals surface area contributed by atoms with E-state index in [0.29, 0.717) is 26.2 Å². The predicted octanol–water partition coefficient (Wildman–Crippen LogP) is 1.54. The lowest BCUT2D eigenvalue weighted by atomic mass is 10.1. The van der Waals surface area contributed by atoms with Crippen LogP contribution in [0.2, 0.25) is 0 Å². The Hall–Kier alpha value is -1.80. The second kappa shape index (κ2) is 8.26. The number of amides is 2. The van der Waals surface area contributed by atoms with Crippen molar-refractivity contribution < 1.29 is 13.2 Å². The molecule has 0 aliphatic carbocycles. The van der Waals surface area contributed by atoms with Crippen molar-refractivity contribution >= 4 is 21.7 Å². The number of sulfonamides is 1. The molecule has 7 nitrogen and oxygen atoms in total. The molecule has 0 unspecified atom stereocenters. The van der Waals surface area contributed by atoms with Gasteiger partial charge in [-0.05, 0) is 45.4 Å². The SMILES string of the molecule is Cc1cccc(N2CCN(S(=O)(=O)CCNC(=O)NC(C)(C)C)CC2)c1. The fraction of sp³-hybridized carbons (Fsp3) is 0.611. The lowest BCUT2D eigenvalue weighted by Gasteiger charge is -2.35. The summed E-state index contributed by atoms with van der Waals surface area (Å²) in [7, 11) is -3.37. The summed E-state index contributed by atoms with van der Waals surface area (Å²) in [6.45, 7) is 10.0. The van der Waals surface area contributed by atoms with Crippen LogP contribution >= 0.6 is 0 Å². The normalized spacial score (nSPS) is 16.4. The van der Waals surface area contributed by atoms with Crippen molar-refractivity contribution in [2.75, 3.05) is 43.4 Å². The third-order valence-electron chi connectivity index (χ3n) is 4.13. The molecule has 2 amide bonds. The van der Waals surface area contributed by atoms with Gasteiger partial charge in [-0.25, -0.2) is 13.2 Å². The molecule has 26 heavy (non-hydrogen) atoms. The van der Waals surface area contributed by atoms with E-state index in [4.69, 9.17) is 0 Å². The number of piperazine rings is 1. The summed E-state index contributed by atoms with van der Waals surface area (Å²) < 4.78 is 26.5. The first-order valence-corrected chi connectivity index (χ1v) is 10.5. The second-order valence-corrected chi connectivity index (χ2v) is 9.76. The molecular weight excluding hydrogens is 352 g/mol. The fourth-order valence-electron chi connectivity index (χ4n) is 2.86. The molecule has 0 radical (unpaired) electrons. The van der Waals surface area contributed by atoms with Gasteiger partial charge in [0.2, 0.25) is 10.0 Å². The molecule has 1 aromatic carbocycles. The van der Waals surface area contributed by atoms with Gasteiger partial charge in [-0.3, -0.25) is 0 Å². The van der Waals surface area contributed by atoms with Crippen molar-refractivity contribution in [3.8, 4) is 0 Å². The van der Waals surface area contributed by atoms with Crippen LogP contribution in [0.5, 0.6) is 0 Å². The molecule has 8 heteroatoms. The standard InChI is InChI=1S/C18H30N4O3S/c1-15-6-5-7-16(14-15)21-9-11-22(12-10-21)26(24,25)13-8-19-17(23)20-18(2,3)4/h5-7,14H,8-13H2,1-4H3,(H2,19,20,23). The van der Waals surface area contributed by atoms with Gasteiger partial charge in [-0.1, -0.05) is 12.1 Å². The Morgan fingerprint density at radius 1 is 1.15 bits per heavy atom. The van der Waals surface area contributed by atoms with Crippen molar-refractivity contribution in [1.29, 1.82) is 0 Å². The fourth-order valence-corrected chi connectivity index (χ4v) is 4.19. The molecule has 1 aliphatic heterocycles. The summed E-state index contributed by atoms with van der Waals surface area (Å²) >= 11 is 0. The number of nitrogens with zero attached hydrogens (tertiary/aromatic N) is 2. The minimum Gasteiger partial charge on any atom is -0.369 e. The van der Waals surface area contributed by atoms with Crippen LogP contribution in [-0.2, 0) is 10.0 Å². The highest BCUT2D eigenvalue weighted by molar-refractivity contribution is 7.89. The van der Waals surface area contributed by atoms with Gasteiger partial charge in [0, 0.05) is 44.0 Å². The van der Waals surface area contributed by atoms with Gasteiger partial charge in [0.15, 0.2) is 0 Å². The first-order valence-electron chi connectivity index (χ1n) is 8.92. The highest BCUT2D eigenvalue weighted by atomic mass is 32.2. The maximum absolute atomic E-state index is 12.5.